The summed E-state index contributed by atoms with van der Waals surface area (Å²) in [5, 5.41) is 0. The fourth-order valence-electron chi connectivity index (χ4n) is 3.73. The molecule has 0 spiro atoms. The molecule has 1 amide bonds. The number of hydrogen-bond donors (Lipinski definition) is 0. The van der Waals surface area contributed by atoms with E-state index in [1.807, 2.05) is 32.8 Å². The standard InChI is InChI=1S/C22H27F3N4O/c1-14(2)20(30)29-12-6-5-7-18(29)19-17(13-26-21(27-19)28(3)4)15-8-10-16(11-9-15)22(23,24)25/h8-11,13-14,18H,5-7,12H2,1-4H3. The highest BCUT2D eigenvalue weighted by molar-refractivity contribution is 5.79. The molecule has 1 aliphatic rings. The summed E-state index contributed by atoms with van der Waals surface area (Å²) in [7, 11) is 3.66. The number of amides is 1. The van der Waals surface area contributed by atoms with Crippen LogP contribution in [-0.2, 0) is 11.0 Å². The second-order valence-corrected chi connectivity index (χ2v) is 8.14. The van der Waals surface area contributed by atoms with Crippen molar-refractivity contribution in [3.05, 3.63) is 41.7 Å². The van der Waals surface area contributed by atoms with Crippen molar-refractivity contribution in [2.24, 2.45) is 5.92 Å². The average molecular weight is 420 g/mol. The first-order valence-electron chi connectivity index (χ1n) is 10.1. The lowest BCUT2D eigenvalue weighted by molar-refractivity contribution is -0.139. The van der Waals surface area contributed by atoms with Gasteiger partial charge in [0.05, 0.1) is 17.3 Å². The Morgan fingerprint density at radius 1 is 1.17 bits per heavy atom. The van der Waals surface area contributed by atoms with Gasteiger partial charge in [-0.15, -0.1) is 0 Å². The maximum Gasteiger partial charge on any atom is 0.416 e. The van der Waals surface area contributed by atoms with Gasteiger partial charge in [-0.2, -0.15) is 13.2 Å². The van der Waals surface area contributed by atoms with Gasteiger partial charge >= 0.3 is 6.18 Å². The van der Waals surface area contributed by atoms with Gasteiger partial charge in [-0.1, -0.05) is 26.0 Å². The molecular weight excluding hydrogens is 393 g/mol. The minimum Gasteiger partial charge on any atom is -0.347 e. The Morgan fingerprint density at radius 2 is 1.83 bits per heavy atom. The Hall–Kier alpha value is -2.64. The van der Waals surface area contributed by atoms with Gasteiger partial charge < -0.3 is 9.80 Å². The molecule has 5 nitrogen and oxygen atoms in total. The number of carbonyl (C=O) groups excluding carboxylic acids is 1. The van der Waals surface area contributed by atoms with Gasteiger partial charge in [-0.3, -0.25) is 4.79 Å². The molecule has 1 aromatic heterocycles. The average Bonchev–Trinajstić information content (AvgIpc) is 2.72. The van der Waals surface area contributed by atoms with Gasteiger partial charge in [0.2, 0.25) is 11.9 Å². The maximum absolute atomic E-state index is 13.0. The van der Waals surface area contributed by atoms with Gasteiger partial charge in [0.25, 0.3) is 0 Å². The van der Waals surface area contributed by atoms with E-state index in [1.54, 1.807) is 11.1 Å². The Morgan fingerprint density at radius 3 is 2.40 bits per heavy atom. The van der Waals surface area contributed by atoms with E-state index in [0.29, 0.717) is 29.3 Å². The molecule has 0 aliphatic carbocycles. The van der Waals surface area contributed by atoms with Crippen LogP contribution in [0, 0.1) is 5.92 Å². The number of alkyl halides is 3. The van der Waals surface area contributed by atoms with Crippen molar-refractivity contribution in [2.45, 2.75) is 45.3 Å². The third-order valence-corrected chi connectivity index (χ3v) is 5.32. The predicted molar refractivity (Wildman–Crippen MR) is 110 cm³/mol. The number of benzene rings is 1. The second kappa shape index (κ2) is 8.62. The SMILES string of the molecule is CC(C)C(=O)N1CCCCC1c1nc(N(C)C)ncc1-c1ccc(C(F)(F)F)cc1. The fraction of sp³-hybridized carbons (Fsp3) is 0.500. The number of piperidine rings is 1. The quantitative estimate of drug-likeness (QED) is 0.703. The minimum atomic E-state index is -4.39. The minimum absolute atomic E-state index is 0.0584. The first-order chi connectivity index (χ1) is 14.1. The maximum atomic E-state index is 13.0. The van der Waals surface area contributed by atoms with Crippen molar-refractivity contribution in [3.63, 3.8) is 0 Å². The Labute approximate surface area is 174 Å². The zero-order valence-corrected chi connectivity index (χ0v) is 17.7. The summed E-state index contributed by atoms with van der Waals surface area (Å²) in [6, 6.07) is 4.79. The highest BCUT2D eigenvalue weighted by Crippen LogP contribution is 2.38. The van der Waals surface area contributed by atoms with Crippen LogP contribution in [0.3, 0.4) is 0 Å². The third-order valence-electron chi connectivity index (χ3n) is 5.32. The van der Waals surface area contributed by atoms with E-state index in [1.165, 1.54) is 12.1 Å². The number of hydrogen-bond acceptors (Lipinski definition) is 4. The van der Waals surface area contributed by atoms with Crippen molar-refractivity contribution >= 4 is 11.9 Å². The van der Waals surface area contributed by atoms with E-state index >= 15 is 0 Å². The number of anilines is 1. The summed E-state index contributed by atoms with van der Waals surface area (Å²) < 4.78 is 38.9. The van der Waals surface area contributed by atoms with Crippen molar-refractivity contribution in [1.82, 2.24) is 14.9 Å². The zero-order valence-electron chi connectivity index (χ0n) is 17.7. The molecular formula is C22H27F3N4O. The highest BCUT2D eigenvalue weighted by atomic mass is 19.4. The topological polar surface area (TPSA) is 49.3 Å². The fourth-order valence-corrected chi connectivity index (χ4v) is 3.73. The monoisotopic (exact) mass is 420 g/mol. The van der Waals surface area contributed by atoms with Crippen LogP contribution < -0.4 is 4.90 Å². The molecule has 1 unspecified atom stereocenters. The van der Waals surface area contributed by atoms with E-state index in [4.69, 9.17) is 4.98 Å². The summed E-state index contributed by atoms with van der Waals surface area (Å²) in [5.41, 5.74) is 1.24. The molecule has 8 heteroatoms. The lowest BCUT2D eigenvalue weighted by Gasteiger charge is -2.37. The van der Waals surface area contributed by atoms with Crippen LogP contribution in [-0.4, -0.2) is 41.4 Å². The Balaban J connectivity index is 2.09. The van der Waals surface area contributed by atoms with Gasteiger partial charge in [-0.05, 0) is 37.0 Å². The molecule has 2 heterocycles. The Kier molecular flexibility index (Phi) is 6.33. The van der Waals surface area contributed by atoms with Crippen molar-refractivity contribution < 1.29 is 18.0 Å². The number of carbonyl (C=O) groups is 1. The molecule has 0 saturated carbocycles. The molecule has 1 aliphatic heterocycles. The summed E-state index contributed by atoms with van der Waals surface area (Å²) in [6.45, 7) is 4.39. The molecule has 2 aromatic rings. The molecule has 162 valence electrons. The first kappa shape index (κ1) is 22.1. The van der Waals surface area contributed by atoms with E-state index in [0.717, 1.165) is 31.4 Å². The van der Waals surface area contributed by atoms with Crippen LogP contribution in [0.5, 0.6) is 0 Å². The molecule has 30 heavy (non-hydrogen) atoms. The van der Waals surface area contributed by atoms with E-state index < -0.39 is 11.7 Å². The van der Waals surface area contributed by atoms with Crippen LogP contribution in [0.25, 0.3) is 11.1 Å². The lowest BCUT2D eigenvalue weighted by Crippen LogP contribution is -2.41. The molecule has 1 fully saturated rings. The molecule has 0 radical (unpaired) electrons. The van der Waals surface area contributed by atoms with Crippen molar-refractivity contribution in [3.8, 4) is 11.1 Å². The molecule has 1 aromatic carbocycles. The van der Waals surface area contributed by atoms with E-state index in [9.17, 15) is 18.0 Å². The van der Waals surface area contributed by atoms with Crippen molar-refractivity contribution in [1.29, 1.82) is 0 Å². The summed E-state index contributed by atoms with van der Waals surface area (Å²) >= 11 is 0. The second-order valence-electron chi connectivity index (χ2n) is 8.14. The summed E-state index contributed by atoms with van der Waals surface area (Å²) in [4.78, 5) is 25.6. The largest absolute Gasteiger partial charge is 0.416 e. The molecule has 0 bridgehead atoms. The summed E-state index contributed by atoms with van der Waals surface area (Å²) in [5.74, 6) is 0.418. The summed E-state index contributed by atoms with van der Waals surface area (Å²) in [6.07, 6.45) is -0.101. The molecule has 0 N–H and O–H groups in total. The van der Waals surface area contributed by atoms with Crippen LogP contribution in [0.2, 0.25) is 0 Å². The van der Waals surface area contributed by atoms with E-state index in [2.05, 4.69) is 4.98 Å². The number of likely N-dealkylation sites (tertiary alicyclic amines) is 1. The van der Waals surface area contributed by atoms with Crippen LogP contribution in [0.15, 0.2) is 30.5 Å². The first-order valence-corrected chi connectivity index (χ1v) is 10.1. The molecule has 1 atom stereocenters. The zero-order chi connectivity index (χ0) is 22.1. The number of nitrogens with zero attached hydrogens (tertiary/aromatic N) is 4. The van der Waals surface area contributed by atoms with Gasteiger partial charge in [0, 0.05) is 38.3 Å². The molecule has 3 rings (SSSR count). The predicted octanol–water partition coefficient (Wildman–Crippen LogP) is 4.94. The van der Waals surface area contributed by atoms with Crippen LogP contribution >= 0.6 is 0 Å². The smallest absolute Gasteiger partial charge is 0.347 e. The normalized spacial score (nSPS) is 17.3. The van der Waals surface area contributed by atoms with Crippen LogP contribution in [0.1, 0.15) is 50.4 Å². The van der Waals surface area contributed by atoms with Gasteiger partial charge in [0.1, 0.15) is 0 Å². The van der Waals surface area contributed by atoms with Crippen LogP contribution in [0.4, 0.5) is 19.1 Å². The van der Waals surface area contributed by atoms with E-state index in [-0.39, 0.29) is 17.9 Å². The number of aromatic nitrogens is 2. The highest BCUT2D eigenvalue weighted by Gasteiger charge is 2.33. The third kappa shape index (κ3) is 4.57. The van der Waals surface area contributed by atoms with Gasteiger partial charge in [0.15, 0.2) is 0 Å². The van der Waals surface area contributed by atoms with Gasteiger partial charge in [-0.25, -0.2) is 9.97 Å². The van der Waals surface area contributed by atoms with Crippen molar-refractivity contribution in [2.75, 3.05) is 25.5 Å². The number of rotatable bonds is 4. The molecule has 1 saturated heterocycles. The number of halogens is 3. The Bertz CT molecular complexity index is 894. The lowest BCUT2D eigenvalue weighted by atomic mass is 9.92.